The molecule has 128 valence electrons. The van der Waals surface area contributed by atoms with E-state index in [9.17, 15) is 9.90 Å². The summed E-state index contributed by atoms with van der Waals surface area (Å²) < 4.78 is 0. The van der Waals surface area contributed by atoms with Crippen LogP contribution >= 0.6 is 0 Å². The lowest BCUT2D eigenvalue weighted by Crippen LogP contribution is -2.40. The van der Waals surface area contributed by atoms with Crippen molar-refractivity contribution in [1.82, 2.24) is 10.2 Å². The zero-order valence-corrected chi connectivity index (χ0v) is 14.4. The molecule has 0 bridgehead atoms. The Hall–Kier alpha value is -2.17. The molecule has 4 heteroatoms. The zero-order chi connectivity index (χ0) is 17.4. The highest BCUT2D eigenvalue weighted by Crippen LogP contribution is 2.15. The van der Waals surface area contributed by atoms with E-state index in [1.54, 1.807) is 0 Å². The zero-order valence-electron chi connectivity index (χ0n) is 14.4. The summed E-state index contributed by atoms with van der Waals surface area (Å²) in [4.78, 5) is 14.2. The largest absolute Gasteiger partial charge is 0.388 e. The molecule has 2 rings (SSSR count). The number of hydrogen-bond acceptors (Lipinski definition) is 3. The number of aliphatic hydroxyl groups is 1. The van der Waals surface area contributed by atoms with Gasteiger partial charge in [0.1, 0.15) is 0 Å². The maximum atomic E-state index is 12.0. The van der Waals surface area contributed by atoms with Crippen LogP contribution in [0.15, 0.2) is 60.7 Å². The lowest BCUT2D eigenvalue weighted by Gasteiger charge is -2.25. The number of nitrogens with one attached hydrogen (secondary N) is 1. The lowest BCUT2D eigenvalue weighted by molar-refractivity contribution is -0.123. The molecule has 2 aromatic rings. The summed E-state index contributed by atoms with van der Waals surface area (Å²) in [6.07, 6.45) is -0.678. The number of amides is 1. The van der Waals surface area contributed by atoms with Gasteiger partial charge >= 0.3 is 0 Å². The molecule has 1 amide bonds. The molecule has 4 nitrogen and oxygen atoms in total. The molecule has 0 saturated heterocycles. The number of aliphatic hydroxyl groups excluding tert-OH is 1. The molecule has 0 aromatic heterocycles. The molecule has 0 radical (unpaired) electrons. The lowest BCUT2D eigenvalue weighted by atomic mass is 10.1. The molecule has 2 aromatic carbocycles. The molecule has 0 aliphatic heterocycles. The maximum absolute atomic E-state index is 12.0. The van der Waals surface area contributed by atoms with Crippen molar-refractivity contribution in [3.8, 4) is 0 Å². The van der Waals surface area contributed by atoms with Crippen molar-refractivity contribution in [3.63, 3.8) is 0 Å². The normalized spacial score (nSPS) is 13.5. The molecule has 0 saturated carbocycles. The number of carbonyl (C=O) groups excluding carboxylic acids is 1. The molecule has 24 heavy (non-hydrogen) atoms. The molecule has 0 fully saturated rings. The standard InChI is InChI=1S/C20H26N2O2/c1-16(22(2)15-17-9-5-3-6-10-17)14-21-20(24)13-19(23)18-11-7-4-8-12-18/h3-12,16,19,23H,13-15H2,1-2H3,(H,21,24). The predicted molar refractivity (Wildman–Crippen MR) is 96.4 cm³/mol. The van der Waals surface area contributed by atoms with Gasteiger partial charge in [0.25, 0.3) is 0 Å². The van der Waals surface area contributed by atoms with Gasteiger partial charge in [0.15, 0.2) is 0 Å². The predicted octanol–water partition coefficient (Wildman–Crippen LogP) is 2.75. The van der Waals surface area contributed by atoms with Crippen LogP contribution in [-0.2, 0) is 11.3 Å². The first-order chi connectivity index (χ1) is 11.6. The molecule has 2 unspecified atom stereocenters. The number of carbonyl (C=O) groups is 1. The van der Waals surface area contributed by atoms with E-state index in [-0.39, 0.29) is 18.4 Å². The highest BCUT2D eigenvalue weighted by atomic mass is 16.3. The van der Waals surface area contributed by atoms with Crippen LogP contribution in [0.1, 0.15) is 30.6 Å². The van der Waals surface area contributed by atoms with Crippen LogP contribution in [0.5, 0.6) is 0 Å². The van der Waals surface area contributed by atoms with Crippen LogP contribution in [0.3, 0.4) is 0 Å². The van der Waals surface area contributed by atoms with Crippen molar-refractivity contribution in [2.24, 2.45) is 0 Å². The third-order valence-corrected chi connectivity index (χ3v) is 4.18. The average molecular weight is 326 g/mol. The van der Waals surface area contributed by atoms with Gasteiger partial charge in [0, 0.05) is 19.1 Å². The van der Waals surface area contributed by atoms with E-state index in [4.69, 9.17) is 0 Å². The van der Waals surface area contributed by atoms with Gasteiger partial charge in [0.2, 0.25) is 5.91 Å². The van der Waals surface area contributed by atoms with E-state index < -0.39 is 6.10 Å². The summed E-state index contributed by atoms with van der Waals surface area (Å²) in [7, 11) is 2.04. The van der Waals surface area contributed by atoms with Gasteiger partial charge in [-0.3, -0.25) is 9.69 Å². The fourth-order valence-corrected chi connectivity index (χ4v) is 2.49. The average Bonchev–Trinajstić information content (AvgIpc) is 2.61. The number of hydrogen-bond donors (Lipinski definition) is 2. The highest BCUT2D eigenvalue weighted by molar-refractivity contribution is 5.76. The van der Waals surface area contributed by atoms with Crippen molar-refractivity contribution >= 4 is 5.91 Å². The van der Waals surface area contributed by atoms with Crippen molar-refractivity contribution in [1.29, 1.82) is 0 Å². The second-order valence-electron chi connectivity index (χ2n) is 6.18. The minimum absolute atomic E-state index is 0.0825. The Balaban J connectivity index is 1.74. The van der Waals surface area contributed by atoms with E-state index >= 15 is 0 Å². The monoisotopic (exact) mass is 326 g/mol. The van der Waals surface area contributed by atoms with Crippen molar-refractivity contribution in [3.05, 3.63) is 71.8 Å². The van der Waals surface area contributed by atoms with Crippen LogP contribution in [0.25, 0.3) is 0 Å². The van der Waals surface area contributed by atoms with E-state index in [1.807, 2.05) is 55.6 Å². The first-order valence-electron chi connectivity index (χ1n) is 8.30. The summed E-state index contributed by atoms with van der Waals surface area (Å²) >= 11 is 0. The van der Waals surface area contributed by atoms with Crippen LogP contribution in [0.4, 0.5) is 0 Å². The van der Waals surface area contributed by atoms with Crippen molar-refractivity contribution < 1.29 is 9.90 Å². The topological polar surface area (TPSA) is 52.6 Å². The Morgan fingerprint density at radius 1 is 1.08 bits per heavy atom. The summed E-state index contributed by atoms with van der Waals surface area (Å²) in [5, 5.41) is 13.0. The fraction of sp³-hybridized carbons (Fsp3) is 0.350. The van der Waals surface area contributed by atoms with Gasteiger partial charge in [0.05, 0.1) is 12.5 Å². The summed E-state index contributed by atoms with van der Waals surface area (Å²) in [5.74, 6) is -0.133. The third-order valence-electron chi connectivity index (χ3n) is 4.18. The Bertz CT molecular complexity index is 616. The Kier molecular flexibility index (Phi) is 6.97. The van der Waals surface area contributed by atoms with Crippen LogP contribution in [0, 0.1) is 0 Å². The first kappa shape index (κ1) is 18.2. The Labute approximate surface area is 144 Å². The molecular formula is C20H26N2O2. The van der Waals surface area contributed by atoms with Crippen molar-refractivity contribution in [2.45, 2.75) is 32.0 Å². The van der Waals surface area contributed by atoms with Gasteiger partial charge in [-0.1, -0.05) is 60.7 Å². The summed E-state index contributed by atoms with van der Waals surface area (Å²) in [5.41, 5.74) is 2.01. The van der Waals surface area contributed by atoms with Crippen molar-refractivity contribution in [2.75, 3.05) is 13.6 Å². The summed E-state index contributed by atoms with van der Waals surface area (Å²) in [6, 6.07) is 19.7. The first-order valence-corrected chi connectivity index (χ1v) is 8.30. The molecule has 2 N–H and O–H groups in total. The number of benzene rings is 2. The molecule has 2 atom stereocenters. The van der Waals surface area contributed by atoms with Gasteiger partial charge in [-0.25, -0.2) is 0 Å². The Morgan fingerprint density at radius 2 is 1.67 bits per heavy atom. The molecule has 0 aliphatic rings. The van der Waals surface area contributed by atoms with Crippen LogP contribution in [0.2, 0.25) is 0 Å². The quantitative estimate of drug-likeness (QED) is 0.784. The maximum Gasteiger partial charge on any atom is 0.223 e. The van der Waals surface area contributed by atoms with Gasteiger partial charge in [-0.15, -0.1) is 0 Å². The molecule has 0 spiro atoms. The minimum atomic E-state index is -0.761. The third kappa shape index (κ3) is 5.80. The number of nitrogens with zero attached hydrogens (tertiary/aromatic N) is 1. The molecular weight excluding hydrogens is 300 g/mol. The van der Waals surface area contributed by atoms with Gasteiger partial charge in [-0.05, 0) is 25.1 Å². The smallest absolute Gasteiger partial charge is 0.223 e. The molecule has 0 aliphatic carbocycles. The van der Waals surface area contributed by atoms with Crippen LogP contribution in [-0.4, -0.2) is 35.5 Å². The SMILES string of the molecule is CC(CNC(=O)CC(O)c1ccccc1)N(C)Cc1ccccc1. The second-order valence-corrected chi connectivity index (χ2v) is 6.18. The van der Waals surface area contributed by atoms with E-state index in [0.717, 1.165) is 12.1 Å². The minimum Gasteiger partial charge on any atom is -0.388 e. The second kappa shape index (κ2) is 9.21. The summed E-state index contributed by atoms with van der Waals surface area (Å²) in [6.45, 7) is 3.48. The van der Waals surface area contributed by atoms with E-state index in [2.05, 4.69) is 29.3 Å². The fourth-order valence-electron chi connectivity index (χ4n) is 2.49. The molecule has 0 heterocycles. The number of likely N-dealkylation sites (N-methyl/N-ethyl adjacent to an activating group) is 1. The number of rotatable bonds is 8. The van der Waals surface area contributed by atoms with E-state index in [1.165, 1.54) is 5.56 Å². The Morgan fingerprint density at radius 3 is 2.29 bits per heavy atom. The van der Waals surface area contributed by atoms with Gasteiger partial charge in [-0.2, -0.15) is 0 Å². The van der Waals surface area contributed by atoms with Crippen LogP contribution < -0.4 is 5.32 Å². The van der Waals surface area contributed by atoms with Gasteiger partial charge < -0.3 is 10.4 Å². The highest BCUT2D eigenvalue weighted by Gasteiger charge is 2.15. The van der Waals surface area contributed by atoms with E-state index in [0.29, 0.717) is 6.54 Å².